The molecule has 3 aromatic rings. The fraction of sp³-hybridized carbons (Fsp3) is 0.200. The standard InChI is InChI=1S/C25H24N2O4S/c1-18(28)20-10-12-24(13-11-20)32(30,31)26-16-19-6-8-22(9-7-19)25(29)27-15-14-21-4-2-3-5-23(21)17-27/h2-13,26H,14-17H2,1H3. The van der Waals surface area contributed by atoms with Gasteiger partial charge < -0.3 is 4.90 Å². The molecule has 0 atom stereocenters. The fourth-order valence-electron chi connectivity index (χ4n) is 3.75. The second-order valence-electron chi connectivity index (χ2n) is 7.85. The van der Waals surface area contributed by atoms with Crippen molar-refractivity contribution in [3.63, 3.8) is 0 Å². The molecule has 6 nitrogen and oxygen atoms in total. The third kappa shape index (κ3) is 4.79. The summed E-state index contributed by atoms with van der Waals surface area (Å²) in [6.45, 7) is 2.81. The van der Waals surface area contributed by atoms with Gasteiger partial charge in [0.1, 0.15) is 0 Å². The second kappa shape index (κ2) is 9.06. The zero-order valence-electron chi connectivity index (χ0n) is 17.7. The summed E-state index contributed by atoms with van der Waals surface area (Å²) in [6.07, 6.45) is 0.842. The highest BCUT2D eigenvalue weighted by molar-refractivity contribution is 7.89. The average molecular weight is 449 g/mol. The van der Waals surface area contributed by atoms with E-state index in [1.165, 1.54) is 42.3 Å². The van der Waals surface area contributed by atoms with E-state index >= 15 is 0 Å². The van der Waals surface area contributed by atoms with E-state index in [4.69, 9.17) is 0 Å². The smallest absolute Gasteiger partial charge is 0.254 e. The van der Waals surface area contributed by atoms with Gasteiger partial charge >= 0.3 is 0 Å². The third-order valence-electron chi connectivity index (χ3n) is 5.66. The Morgan fingerprint density at radius 2 is 1.50 bits per heavy atom. The maximum atomic E-state index is 12.9. The number of fused-ring (bicyclic) bond motifs is 1. The molecule has 1 N–H and O–H groups in total. The van der Waals surface area contributed by atoms with Crippen molar-refractivity contribution in [2.24, 2.45) is 0 Å². The van der Waals surface area contributed by atoms with Crippen LogP contribution in [-0.2, 0) is 29.5 Å². The van der Waals surface area contributed by atoms with Crippen LogP contribution in [0, 0.1) is 0 Å². The minimum absolute atomic E-state index is 0.0304. The summed E-state index contributed by atoms with van der Waals surface area (Å²) in [5.41, 5.74) is 4.25. The Kier molecular flexibility index (Phi) is 6.21. The Hall–Kier alpha value is -3.29. The summed E-state index contributed by atoms with van der Waals surface area (Å²) in [5, 5.41) is 0. The molecule has 7 heteroatoms. The Morgan fingerprint density at radius 3 is 2.16 bits per heavy atom. The van der Waals surface area contributed by atoms with Crippen LogP contribution in [0.25, 0.3) is 0 Å². The number of amides is 1. The molecule has 0 aromatic heterocycles. The van der Waals surface area contributed by atoms with E-state index in [-0.39, 0.29) is 23.1 Å². The number of carbonyl (C=O) groups excluding carboxylic acids is 2. The van der Waals surface area contributed by atoms with Crippen molar-refractivity contribution in [2.45, 2.75) is 31.3 Å². The van der Waals surface area contributed by atoms with E-state index in [0.29, 0.717) is 24.2 Å². The molecule has 0 radical (unpaired) electrons. The number of nitrogens with one attached hydrogen (secondary N) is 1. The van der Waals surface area contributed by atoms with Crippen LogP contribution in [0.1, 0.15) is 44.3 Å². The summed E-state index contributed by atoms with van der Waals surface area (Å²) in [7, 11) is -3.71. The van der Waals surface area contributed by atoms with Gasteiger partial charge in [-0.2, -0.15) is 0 Å². The Balaban J connectivity index is 1.38. The molecule has 0 saturated heterocycles. The molecule has 1 amide bonds. The van der Waals surface area contributed by atoms with Crippen molar-refractivity contribution in [1.29, 1.82) is 0 Å². The fourth-order valence-corrected chi connectivity index (χ4v) is 4.77. The zero-order valence-corrected chi connectivity index (χ0v) is 18.6. The summed E-state index contributed by atoms with van der Waals surface area (Å²) in [6, 6.07) is 21.0. The molecule has 0 unspecified atom stereocenters. The first-order valence-corrected chi connectivity index (χ1v) is 11.9. The predicted molar refractivity (Wildman–Crippen MR) is 122 cm³/mol. The first-order valence-electron chi connectivity index (χ1n) is 10.4. The number of sulfonamides is 1. The van der Waals surface area contributed by atoms with Crippen molar-refractivity contribution in [3.8, 4) is 0 Å². The van der Waals surface area contributed by atoms with E-state index < -0.39 is 10.0 Å². The number of hydrogen-bond acceptors (Lipinski definition) is 4. The maximum absolute atomic E-state index is 12.9. The highest BCUT2D eigenvalue weighted by Gasteiger charge is 2.21. The molecule has 4 rings (SSSR count). The topological polar surface area (TPSA) is 83.5 Å². The number of hydrogen-bond donors (Lipinski definition) is 1. The van der Waals surface area contributed by atoms with Crippen LogP contribution in [0.4, 0.5) is 0 Å². The lowest BCUT2D eigenvalue weighted by atomic mass is 9.99. The molecular formula is C25H24N2O4S. The Morgan fingerprint density at radius 1 is 0.875 bits per heavy atom. The van der Waals surface area contributed by atoms with Crippen molar-refractivity contribution >= 4 is 21.7 Å². The van der Waals surface area contributed by atoms with Crippen LogP contribution in [0.5, 0.6) is 0 Å². The number of carbonyl (C=O) groups is 2. The maximum Gasteiger partial charge on any atom is 0.254 e. The van der Waals surface area contributed by atoms with Gasteiger partial charge in [0.2, 0.25) is 10.0 Å². The quantitative estimate of drug-likeness (QED) is 0.585. The van der Waals surface area contributed by atoms with Gasteiger partial charge in [0, 0.05) is 30.8 Å². The molecule has 1 aliphatic rings. The molecule has 1 aliphatic heterocycles. The van der Waals surface area contributed by atoms with Crippen LogP contribution < -0.4 is 4.72 Å². The Bertz CT molecular complexity index is 1250. The Labute approximate surface area is 187 Å². The third-order valence-corrected chi connectivity index (χ3v) is 7.07. The van der Waals surface area contributed by atoms with Gasteiger partial charge in [-0.25, -0.2) is 13.1 Å². The first-order chi connectivity index (χ1) is 15.3. The van der Waals surface area contributed by atoms with Gasteiger partial charge in [-0.3, -0.25) is 9.59 Å². The van der Waals surface area contributed by atoms with Gasteiger partial charge in [-0.1, -0.05) is 48.5 Å². The van der Waals surface area contributed by atoms with Crippen LogP contribution in [0.15, 0.2) is 77.7 Å². The number of benzene rings is 3. The van der Waals surface area contributed by atoms with E-state index in [2.05, 4.69) is 16.9 Å². The van der Waals surface area contributed by atoms with Crippen molar-refractivity contribution in [2.75, 3.05) is 6.54 Å². The van der Waals surface area contributed by atoms with Gasteiger partial charge in [-0.05, 0) is 54.3 Å². The predicted octanol–water partition coefficient (Wildman–Crippen LogP) is 3.57. The van der Waals surface area contributed by atoms with Crippen molar-refractivity contribution in [3.05, 3.63) is 101 Å². The highest BCUT2D eigenvalue weighted by atomic mass is 32.2. The van der Waals surface area contributed by atoms with E-state index in [0.717, 1.165) is 12.0 Å². The summed E-state index contributed by atoms with van der Waals surface area (Å²) in [4.78, 5) is 26.2. The SMILES string of the molecule is CC(=O)c1ccc(S(=O)(=O)NCc2ccc(C(=O)N3CCc4ccccc4C3)cc2)cc1. The molecule has 0 spiro atoms. The lowest BCUT2D eigenvalue weighted by Gasteiger charge is -2.29. The van der Waals surface area contributed by atoms with Crippen molar-refractivity contribution in [1.82, 2.24) is 9.62 Å². The highest BCUT2D eigenvalue weighted by Crippen LogP contribution is 2.20. The van der Waals surface area contributed by atoms with Crippen LogP contribution in [0.3, 0.4) is 0 Å². The molecule has 0 fully saturated rings. The van der Waals surface area contributed by atoms with Gasteiger partial charge in [0.05, 0.1) is 4.90 Å². The van der Waals surface area contributed by atoms with E-state index in [1.807, 2.05) is 17.0 Å². The molecule has 32 heavy (non-hydrogen) atoms. The van der Waals surface area contributed by atoms with Crippen LogP contribution >= 0.6 is 0 Å². The molecular weight excluding hydrogens is 424 g/mol. The largest absolute Gasteiger partial charge is 0.334 e. The molecule has 164 valence electrons. The number of Topliss-reactive ketones (excluding diaryl/α,β-unsaturated/α-hetero) is 1. The monoisotopic (exact) mass is 448 g/mol. The van der Waals surface area contributed by atoms with Crippen LogP contribution in [-0.4, -0.2) is 31.6 Å². The minimum Gasteiger partial charge on any atom is -0.334 e. The molecule has 0 aliphatic carbocycles. The lowest BCUT2D eigenvalue weighted by molar-refractivity contribution is 0.0734. The normalized spacial score (nSPS) is 13.5. The zero-order chi connectivity index (χ0) is 22.7. The first kappa shape index (κ1) is 21.9. The summed E-state index contributed by atoms with van der Waals surface area (Å²) in [5.74, 6) is -0.150. The summed E-state index contributed by atoms with van der Waals surface area (Å²) < 4.78 is 27.6. The second-order valence-corrected chi connectivity index (χ2v) is 9.61. The molecule has 0 bridgehead atoms. The van der Waals surface area contributed by atoms with Gasteiger partial charge in [-0.15, -0.1) is 0 Å². The molecule has 3 aromatic carbocycles. The number of rotatable bonds is 6. The molecule has 1 heterocycles. The van der Waals surface area contributed by atoms with E-state index in [1.54, 1.807) is 24.3 Å². The van der Waals surface area contributed by atoms with E-state index in [9.17, 15) is 18.0 Å². The van der Waals surface area contributed by atoms with Crippen molar-refractivity contribution < 1.29 is 18.0 Å². The lowest BCUT2D eigenvalue weighted by Crippen LogP contribution is -2.35. The number of ketones is 1. The van der Waals surface area contributed by atoms with Gasteiger partial charge in [0.25, 0.3) is 5.91 Å². The summed E-state index contributed by atoms with van der Waals surface area (Å²) >= 11 is 0. The molecule has 0 saturated carbocycles. The number of nitrogens with zero attached hydrogens (tertiary/aromatic N) is 1. The van der Waals surface area contributed by atoms with Crippen LogP contribution in [0.2, 0.25) is 0 Å². The minimum atomic E-state index is -3.71. The van der Waals surface area contributed by atoms with Gasteiger partial charge in [0.15, 0.2) is 5.78 Å². The average Bonchev–Trinajstić information content (AvgIpc) is 2.82.